The Hall–Kier alpha value is -1.10. The van der Waals surface area contributed by atoms with E-state index in [-0.39, 0.29) is 18.4 Å². The molecule has 1 heterocycles. The molecule has 0 bridgehead atoms. The fourth-order valence-corrected chi connectivity index (χ4v) is 0.964. The van der Waals surface area contributed by atoms with Gasteiger partial charge in [-0.05, 0) is 0 Å². The van der Waals surface area contributed by atoms with Gasteiger partial charge in [0.25, 0.3) is 0 Å². The molecule has 1 amide bonds. The molecule has 14 heavy (non-hydrogen) atoms. The Morgan fingerprint density at radius 1 is 1.71 bits per heavy atom. The number of hydrogen-bond acceptors (Lipinski definition) is 4. The van der Waals surface area contributed by atoms with Crippen LogP contribution in [0.15, 0.2) is 4.52 Å². The zero-order chi connectivity index (χ0) is 10.6. The number of rotatable bonds is 4. The van der Waals surface area contributed by atoms with Crippen LogP contribution in [-0.2, 0) is 11.3 Å². The van der Waals surface area contributed by atoms with Gasteiger partial charge in [-0.3, -0.25) is 4.79 Å². The van der Waals surface area contributed by atoms with Crippen LogP contribution in [0.1, 0.15) is 18.6 Å². The van der Waals surface area contributed by atoms with E-state index in [2.05, 4.69) is 15.5 Å². The van der Waals surface area contributed by atoms with Gasteiger partial charge in [-0.15, -0.1) is 11.6 Å². The first-order valence-corrected chi connectivity index (χ1v) is 4.79. The number of alkyl halides is 1. The summed E-state index contributed by atoms with van der Waals surface area (Å²) >= 11 is 5.52. The summed E-state index contributed by atoms with van der Waals surface area (Å²) in [5.74, 6) is 0.946. The second-order valence-electron chi connectivity index (χ2n) is 3.00. The first-order chi connectivity index (χ1) is 6.63. The van der Waals surface area contributed by atoms with E-state index in [1.54, 1.807) is 13.8 Å². The van der Waals surface area contributed by atoms with Gasteiger partial charge >= 0.3 is 0 Å². The molecule has 1 unspecified atom stereocenters. The maximum absolute atomic E-state index is 11.3. The van der Waals surface area contributed by atoms with Crippen molar-refractivity contribution >= 4 is 17.5 Å². The molecule has 0 aliphatic rings. The molecule has 1 rings (SSSR count). The quantitative estimate of drug-likeness (QED) is 0.760. The topological polar surface area (TPSA) is 68.0 Å². The van der Waals surface area contributed by atoms with Gasteiger partial charge in [-0.1, -0.05) is 12.1 Å². The fraction of sp³-hybridized carbons (Fsp3) is 0.625. The second-order valence-corrected chi connectivity index (χ2v) is 3.31. The van der Waals surface area contributed by atoms with E-state index in [1.807, 2.05) is 0 Å². The highest BCUT2D eigenvalue weighted by atomic mass is 35.5. The first-order valence-electron chi connectivity index (χ1n) is 4.26. The van der Waals surface area contributed by atoms with Crippen molar-refractivity contribution in [3.8, 4) is 0 Å². The van der Waals surface area contributed by atoms with Crippen LogP contribution in [0, 0.1) is 12.8 Å². The predicted octanol–water partition coefficient (Wildman–Crippen LogP) is 0.869. The third kappa shape index (κ3) is 2.99. The maximum Gasteiger partial charge on any atom is 0.224 e. The van der Waals surface area contributed by atoms with Crippen molar-refractivity contribution in [2.45, 2.75) is 20.4 Å². The molecule has 0 fully saturated rings. The van der Waals surface area contributed by atoms with Gasteiger partial charge in [0.15, 0.2) is 5.82 Å². The molecule has 0 saturated carbocycles. The van der Waals surface area contributed by atoms with E-state index in [4.69, 9.17) is 16.1 Å². The predicted molar refractivity (Wildman–Crippen MR) is 50.8 cm³/mol. The largest absolute Gasteiger partial charge is 0.348 e. The van der Waals surface area contributed by atoms with E-state index in [1.165, 1.54) is 0 Å². The van der Waals surface area contributed by atoms with Crippen LogP contribution in [0.3, 0.4) is 0 Å². The van der Waals surface area contributed by atoms with Gasteiger partial charge in [0.05, 0.1) is 6.54 Å². The van der Waals surface area contributed by atoms with Gasteiger partial charge in [-0.25, -0.2) is 0 Å². The summed E-state index contributed by atoms with van der Waals surface area (Å²) < 4.78 is 4.75. The number of carbonyl (C=O) groups excluding carboxylic acids is 1. The van der Waals surface area contributed by atoms with Gasteiger partial charge in [0.1, 0.15) is 0 Å². The molecule has 0 aliphatic heterocycles. The molecule has 1 N–H and O–H groups in total. The van der Waals surface area contributed by atoms with Crippen molar-refractivity contribution in [1.29, 1.82) is 0 Å². The van der Waals surface area contributed by atoms with Gasteiger partial charge in [-0.2, -0.15) is 4.98 Å². The number of nitrogens with one attached hydrogen (secondary N) is 1. The Kier molecular flexibility index (Phi) is 3.88. The molecule has 0 aromatic carbocycles. The summed E-state index contributed by atoms with van der Waals surface area (Å²) in [6, 6.07) is 0. The number of carbonyl (C=O) groups is 1. The van der Waals surface area contributed by atoms with E-state index in [0.29, 0.717) is 17.6 Å². The summed E-state index contributed by atoms with van der Waals surface area (Å²) in [5.41, 5.74) is 0. The average molecular weight is 218 g/mol. The van der Waals surface area contributed by atoms with Crippen LogP contribution in [0.5, 0.6) is 0 Å². The zero-order valence-electron chi connectivity index (χ0n) is 8.08. The molecule has 5 nitrogen and oxygen atoms in total. The molecule has 0 aliphatic carbocycles. The Labute approximate surface area is 86.8 Å². The van der Waals surface area contributed by atoms with Gasteiger partial charge < -0.3 is 9.84 Å². The van der Waals surface area contributed by atoms with E-state index < -0.39 is 0 Å². The Morgan fingerprint density at radius 3 is 2.93 bits per heavy atom. The van der Waals surface area contributed by atoms with Crippen molar-refractivity contribution in [1.82, 2.24) is 15.5 Å². The molecule has 1 aromatic heterocycles. The average Bonchev–Trinajstić information content (AvgIpc) is 2.59. The summed E-state index contributed by atoms with van der Waals surface area (Å²) in [4.78, 5) is 15.2. The van der Waals surface area contributed by atoms with Crippen LogP contribution in [-0.4, -0.2) is 21.9 Å². The van der Waals surface area contributed by atoms with Crippen LogP contribution in [0.4, 0.5) is 0 Å². The van der Waals surface area contributed by atoms with Gasteiger partial charge in [0, 0.05) is 18.7 Å². The smallest absolute Gasteiger partial charge is 0.224 e. The minimum absolute atomic E-state index is 0.109. The van der Waals surface area contributed by atoms with Crippen molar-refractivity contribution in [3.05, 3.63) is 11.7 Å². The summed E-state index contributed by atoms with van der Waals surface area (Å²) in [6.45, 7) is 3.72. The number of nitrogens with zero attached hydrogens (tertiary/aromatic N) is 2. The van der Waals surface area contributed by atoms with E-state index in [0.717, 1.165) is 0 Å². The molecule has 0 radical (unpaired) electrons. The van der Waals surface area contributed by atoms with Crippen molar-refractivity contribution in [2.24, 2.45) is 5.92 Å². The lowest BCUT2D eigenvalue weighted by molar-refractivity contribution is -0.124. The molecular formula is C8H12ClN3O2. The molecule has 1 aromatic rings. The molecule has 0 saturated heterocycles. The van der Waals surface area contributed by atoms with Crippen LogP contribution in [0.2, 0.25) is 0 Å². The van der Waals surface area contributed by atoms with E-state index >= 15 is 0 Å². The number of aryl methyl sites for hydroxylation is 1. The SMILES string of the molecule is Cc1nc(CNC(=O)C(C)CCl)no1. The third-order valence-corrected chi connectivity index (χ3v) is 2.13. The minimum Gasteiger partial charge on any atom is -0.348 e. The fourth-order valence-electron chi connectivity index (χ4n) is 0.824. The van der Waals surface area contributed by atoms with Crippen LogP contribution in [0.25, 0.3) is 0 Å². The molecule has 6 heteroatoms. The first kappa shape index (κ1) is 11.0. The molecular weight excluding hydrogens is 206 g/mol. The standard InChI is InChI=1S/C8H12ClN3O2/c1-5(3-9)8(13)10-4-7-11-6(2)14-12-7/h5H,3-4H2,1-2H3,(H,10,13). The number of halogens is 1. The highest BCUT2D eigenvalue weighted by Gasteiger charge is 2.11. The maximum atomic E-state index is 11.3. The minimum atomic E-state index is -0.204. The van der Waals surface area contributed by atoms with Crippen molar-refractivity contribution in [2.75, 3.05) is 5.88 Å². The van der Waals surface area contributed by atoms with Gasteiger partial charge in [0.2, 0.25) is 11.8 Å². The second kappa shape index (κ2) is 4.95. The van der Waals surface area contributed by atoms with Crippen LogP contribution < -0.4 is 5.32 Å². The molecule has 1 atom stereocenters. The highest BCUT2D eigenvalue weighted by molar-refractivity contribution is 6.19. The lowest BCUT2D eigenvalue weighted by atomic mass is 10.2. The molecule has 0 spiro atoms. The highest BCUT2D eigenvalue weighted by Crippen LogP contribution is 1.99. The Balaban J connectivity index is 2.37. The Morgan fingerprint density at radius 2 is 2.43 bits per heavy atom. The van der Waals surface area contributed by atoms with Crippen LogP contribution >= 0.6 is 11.6 Å². The van der Waals surface area contributed by atoms with Crippen molar-refractivity contribution < 1.29 is 9.32 Å². The Bertz CT molecular complexity index is 313. The third-order valence-electron chi connectivity index (χ3n) is 1.67. The lowest BCUT2D eigenvalue weighted by Gasteiger charge is -2.06. The monoisotopic (exact) mass is 217 g/mol. The summed E-state index contributed by atoms with van der Waals surface area (Å²) in [6.07, 6.45) is 0. The summed E-state index contributed by atoms with van der Waals surface area (Å²) in [5, 5.41) is 6.29. The lowest BCUT2D eigenvalue weighted by Crippen LogP contribution is -2.29. The summed E-state index contributed by atoms with van der Waals surface area (Å²) in [7, 11) is 0. The molecule has 78 valence electrons. The van der Waals surface area contributed by atoms with Crippen molar-refractivity contribution in [3.63, 3.8) is 0 Å². The normalized spacial score (nSPS) is 12.5. The van der Waals surface area contributed by atoms with E-state index in [9.17, 15) is 4.79 Å². The zero-order valence-corrected chi connectivity index (χ0v) is 8.84. The number of hydrogen-bond donors (Lipinski definition) is 1. The number of aromatic nitrogens is 2. The number of amides is 1.